The van der Waals surface area contributed by atoms with Gasteiger partial charge >= 0.3 is 12.0 Å². The van der Waals surface area contributed by atoms with Crippen molar-refractivity contribution in [2.45, 2.75) is 39.2 Å². The van der Waals surface area contributed by atoms with E-state index in [9.17, 15) is 0 Å². The van der Waals surface area contributed by atoms with Crippen molar-refractivity contribution >= 4 is 5.95 Å². The van der Waals surface area contributed by atoms with Gasteiger partial charge < -0.3 is 19.7 Å². The summed E-state index contributed by atoms with van der Waals surface area (Å²) >= 11 is 0. The molecule has 1 saturated heterocycles. The average Bonchev–Trinajstić information content (AvgIpc) is 2.48. The first-order valence-corrected chi connectivity index (χ1v) is 7.69. The van der Waals surface area contributed by atoms with Gasteiger partial charge in [-0.15, -0.1) is 4.98 Å². The Kier molecular flexibility index (Phi) is 5.98. The van der Waals surface area contributed by atoms with Crippen molar-refractivity contribution < 1.29 is 9.47 Å². The molecule has 0 bridgehead atoms. The van der Waals surface area contributed by atoms with Gasteiger partial charge in [-0.1, -0.05) is 6.92 Å². The van der Waals surface area contributed by atoms with E-state index in [0.29, 0.717) is 24.6 Å². The minimum atomic E-state index is 0.164. The molecule has 0 spiro atoms. The van der Waals surface area contributed by atoms with E-state index < -0.39 is 0 Å². The molecule has 1 fully saturated rings. The lowest BCUT2D eigenvalue weighted by atomic mass is 10.1. The fourth-order valence-corrected chi connectivity index (χ4v) is 2.15. The lowest BCUT2D eigenvalue weighted by Gasteiger charge is -2.28. The Balaban J connectivity index is 2.03. The highest BCUT2D eigenvalue weighted by molar-refractivity contribution is 5.27. The lowest BCUT2D eigenvalue weighted by Crippen LogP contribution is -2.36. The molecule has 0 amide bonds. The third kappa shape index (κ3) is 5.00. The molecule has 2 heterocycles. The fraction of sp³-hybridized carbons (Fsp3) is 0.786. The molecule has 1 N–H and O–H groups in total. The summed E-state index contributed by atoms with van der Waals surface area (Å²) in [4.78, 5) is 15.1. The van der Waals surface area contributed by atoms with Gasteiger partial charge in [-0.25, -0.2) is 0 Å². The molecule has 2 rings (SSSR count). The zero-order valence-electron chi connectivity index (χ0n) is 13.1. The van der Waals surface area contributed by atoms with Crippen LogP contribution in [-0.2, 0) is 0 Å². The van der Waals surface area contributed by atoms with E-state index in [2.05, 4.69) is 39.1 Å². The number of ether oxygens (including phenoxy) is 2. The quantitative estimate of drug-likeness (QED) is 0.818. The predicted molar refractivity (Wildman–Crippen MR) is 80.9 cm³/mol. The summed E-state index contributed by atoms with van der Waals surface area (Å²) in [5, 5.41) is 3.15. The Hall–Kier alpha value is -1.63. The normalized spacial score (nSPS) is 16.7. The van der Waals surface area contributed by atoms with Crippen LogP contribution in [0.15, 0.2) is 0 Å². The number of aromatic nitrogens is 3. The van der Waals surface area contributed by atoms with E-state index in [4.69, 9.17) is 9.47 Å². The van der Waals surface area contributed by atoms with Crippen molar-refractivity contribution in [1.82, 2.24) is 19.9 Å². The average molecular weight is 295 g/mol. The van der Waals surface area contributed by atoms with Crippen molar-refractivity contribution in [1.29, 1.82) is 0 Å². The topological polar surface area (TPSA) is 72.4 Å². The maximum atomic E-state index is 5.90. The van der Waals surface area contributed by atoms with Crippen molar-refractivity contribution in [3.8, 4) is 12.0 Å². The van der Waals surface area contributed by atoms with Gasteiger partial charge in [-0.3, -0.25) is 0 Å². The van der Waals surface area contributed by atoms with Crippen molar-refractivity contribution in [2.24, 2.45) is 0 Å². The molecular formula is C14H25N5O2. The van der Waals surface area contributed by atoms with Crippen LogP contribution in [0.3, 0.4) is 0 Å². The molecule has 21 heavy (non-hydrogen) atoms. The predicted octanol–water partition coefficient (Wildman–Crippen LogP) is 1.57. The summed E-state index contributed by atoms with van der Waals surface area (Å²) in [6.45, 7) is 7.40. The number of hydrogen-bond acceptors (Lipinski definition) is 7. The summed E-state index contributed by atoms with van der Waals surface area (Å²) in [5.74, 6) is 0.512. The number of piperidine rings is 1. The maximum absolute atomic E-state index is 5.90. The third-order valence-corrected chi connectivity index (χ3v) is 3.34. The third-order valence-electron chi connectivity index (χ3n) is 3.34. The van der Waals surface area contributed by atoms with Gasteiger partial charge in [0, 0.05) is 19.6 Å². The number of hydrogen-bond donors (Lipinski definition) is 1. The summed E-state index contributed by atoms with van der Waals surface area (Å²) in [6.07, 6.45) is 3.14. The van der Waals surface area contributed by atoms with Crippen LogP contribution in [0.25, 0.3) is 0 Å². The summed E-state index contributed by atoms with van der Waals surface area (Å²) < 4.78 is 11.3. The summed E-state index contributed by atoms with van der Waals surface area (Å²) in [5.41, 5.74) is 0. The molecule has 0 unspecified atom stereocenters. The molecule has 0 radical (unpaired) electrons. The summed E-state index contributed by atoms with van der Waals surface area (Å²) in [7, 11) is 2.12. The van der Waals surface area contributed by atoms with Crippen LogP contribution in [0.1, 0.15) is 33.1 Å². The molecule has 1 aromatic heterocycles. The van der Waals surface area contributed by atoms with E-state index in [1.54, 1.807) is 0 Å². The smallest absolute Gasteiger partial charge is 0.324 e. The van der Waals surface area contributed by atoms with E-state index in [1.165, 1.54) is 0 Å². The van der Waals surface area contributed by atoms with Crippen LogP contribution in [0, 0.1) is 0 Å². The zero-order chi connectivity index (χ0) is 15.1. The number of anilines is 1. The second-order valence-corrected chi connectivity index (χ2v) is 5.20. The molecule has 0 aromatic carbocycles. The Morgan fingerprint density at radius 3 is 2.52 bits per heavy atom. The minimum absolute atomic E-state index is 0.164. The Morgan fingerprint density at radius 1 is 1.14 bits per heavy atom. The van der Waals surface area contributed by atoms with E-state index in [-0.39, 0.29) is 6.10 Å². The lowest BCUT2D eigenvalue weighted by molar-refractivity contribution is 0.104. The van der Waals surface area contributed by atoms with Gasteiger partial charge in [0.1, 0.15) is 6.10 Å². The first kappa shape index (κ1) is 15.8. The molecular weight excluding hydrogens is 270 g/mol. The summed E-state index contributed by atoms with van der Waals surface area (Å²) in [6, 6.07) is 0.663. The van der Waals surface area contributed by atoms with Crippen LogP contribution in [0.5, 0.6) is 12.0 Å². The molecule has 0 saturated carbocycles. The van der Waals surface area contributed by atoms with Gasteiger partial charge in [-0.05, 0) is 33.2 Å². The SMILES string of the molecule is CCCNc1nc(OCC)nc(OC2CCN(C)CC2)n1. The highest BCUT2D eigenvalue weighted by atomic mass is 16.5. The van der Waals surface area contributed by atoms with Crippen LogP contribution < -0.4 is 14.8 Å². The monoisotopic (exact) mass is 295 g/mol. The highest BCUT2D eigenvalue weighted by Crippen LogP contribution is 2.18. The molecule has 118 valence electrons. The van der Waals surface area contributed by atoms with E-state index in [1.807, 2.05) is 6.92 Å². The second kappa shape index (κ2) is 7.97. The van der Waals surface area contributed by atoms with Crippen LogP contribution in [-0.4, -0.2) is 59.2 Å². The first-order chi connectivity index (χ1) is 10.2. The largest absolute Gasteiger partial charge is 0.464 e. The number of nitrogens with zero attached hydrogens (tertiary/aromatic N) is 4. The van der Waals surface area contributed by atoms with Gasteiger partial charge in [0.15, 0.2) is 0 Å². The Morgan fingerprint density at radius 2 is 1.86 bits per heavy atom. The number of likely N-dealkylation sites (tertiary alicyclic amines) is 1. The Bertz CT molecular complexity index is 435. The van der Waals surface area contributed by atoms with Gasteiger partial charge in [0.25, 0.3) is 0 Å². The minimum Gasteiger partial charge on any atom is -0.464 e. The molecule has 0 aliphatic carbocycles. The van der Waals surface area contributed by atoms with Gasteiger partial charge in [0.2, 0.25) is 5.95 Å². The number of nitrogens with one attached hydrogen (secondary N) is 1. The van der Waals surface area contributed by atoms with Gasteiger partial charge in [-0.2, -0.15) is 9.97 Å². The zero-order valence-corrected chi connectivity index (χ0v) is 13.1. The van der Waals surface area contributed by atoms with Crippen LogP contribution in [0.4, 0.5) is 5.95 Å². The van der Waals surface area contributed by atoms with E-state index >= 15 is 0 Å². The van der Waals surface area contributed by atoms with Crippen molar-refractivity contribution in [3.05, 3.63) is 0 Å². The molecule has 1 aliphatic rings. The molecule has 1 aliphatic heterocycles. The van der Waals surface area contributed by atoms with Crippen LogP contribution >= 0.6 is 0 Å². The molecule has 7 heteroatoms. The van der Waals surface area contributed by atoms with E-state index in [0.717, 1.165) is 38.9 Å². The highest BCUT2D eigenvalue weighted by Gasteiger charge is 2.20. The molecule has 0 atom stereocenters. The maximum Gasteiger partial charge on any atom is 0.324 e. The van der Waals surface area contributed by atoms with Crippen LogP contribution in [0.2, 0.25) is 0 Å². The number of rotatable bonds is 7. The van der Waals surface area contributed by atoms with Crippen molar-refractivity contribution in [3.63, 3.8) is 0 Å². The second-order valence-electron chi connectivity index (χ2n) is 5.20. The molecule has 1 aromatic rings. The van der Waals surface area contributed by atoms with Gasteiger partial charge in [0.05, 0.1) is 6.61 Å². The standard InChI is InChI=1S/C14H25N5O2/c1-4-8-15-12-16-13(20-5-2)18-14(17-12)21-11-6-9-19(3)10-7-11/h11H,4-10H2,1-3H3,(H,15,16,17,18). The fourth-order valence-electron chi connectivity index (χ4n) is 2.15. The Labute approximate surface area is 126 Å². The molecule has 7 nitrogen and oxygen atoms in total. The first-order valence-electron chi connectivity index (χ1n) is 7.69. The van der Waals surface area contributed by atoms with Crippen molar-refractivity contribution in [2.75, 3.05) is 38.6 Å².